The summed E-state index contributed by atoms with van der Waals surface area (Å²) in [7, 11) is 3.11. The number of nitrogens with zero attached hydrogens (tertiary/aromatic N) is 4. The van der Waals surface area contributed by atoms with E-state index in [2.05, 4.69) is 30.6 Å². The van der Waals surface area contributed by atoms with Crippen molar-refractivity contribution in [2.75, 3.05) is 38.1 Å². The highest BCUT2D eigenvalue weighted by atomic mass is 19.4. The van der Waals surface area contributed by atoms with Crippen LogP contribution in [-0.2, 0) is 15.7 Å². The van der Waals surface area contributed by atoms with Gasteiger partial charge >= 0.3 is 6.18 Å². The number of ether oxygens (including phenoxy) is 2. The molecular formula is C19H25F3N6O2. The van der Waals surface area contributed by atoms with Gasteiger partial charge in [0.15, 0.2) is 5.82 Å². The van der Waals surface area contributed by atoms with Crippen molar-refractivity contribution < 1.29 is 22.6 Å². The fraction of sp³-hybridized carbons (Fsp3) is 0.579. The van der Waals surface area contributed by atoms with E-state index in [1.54, 1.807) is 14.2 Å². The molecule has 1 aliphatic rings. The lowest BCUT2D eigenvalue weighted by atomic mass is 10.2. The van der Waals surface area contributed by atoms with E-state index < -0.39 is 11.9 Å². The summed E-state index contributed by atoms with van der Waals surface area (Å²) in [6.07, 6.45) is -2.32. The molecule has 164 valence electrons. The first-order chi connectivity index (χ1) is 14.3. The van der Waals surface area contributed by atoms with Gasteiger partial charge in [-0.1, -0.05) is 6.07 Å². The minimum Gasteiger partial charge on any atom is -0.382 e. The van der Waals surface area contributed by atoms with Gasteiger partial charge in [0.2, 0.25) is 11.9 Å². The predicted octanol–water partition coefficient (Wildman–Crippen LogP) is 3.24. The van der Waals surface area contributed by atoms with Gasteiger partial charge in [-0.15, -0.1) is 0 Å². The smallest absolute Gasteiger partial charge is 0.382 e. The van der Waals surface area contributed by atoms with E-state index in [4.69, 9.17) is 9.47 Å². The first-order valence-electron chi connectivity index (χ1n) is 9.61. The summed E-state index contributed by atoms with van der Waals surface area (Å²) in [6.45, 7) is 2.69. The van der Waals surface area contributed by atoms with Gasteiger partial charge in [-0.05, 0) is 37.8 Å². The van der Waals surface area contributed by atoms with Crippen molar-refractivity contribution in [1.82, 2.24) is 19.9 Å². The van der Waals surface area contributed by atoms with Crippen molar-refractivity contribution in [2.45, 2.75) is 38.0 Å². The van der Waals surface area contributed by atoms with Gasteiger partial charge in [0.1, 0.15) is 11.4 Å². The average Bonchev–Trinajstić information content (AvgIpc) is 3.53. The topological polar surface area (TPSA) is 94.1 Å². The van der Waals surface area contributed by atoms with E-state index in [-0.39, 0.29) is 35.5 Å². The van der Waals surface area contributed by atoms with Crippen molar-refractivity contribution in [2.24, 2.45) is 5.92 Å². The molecular weight excluding hydrogens is 401 g/mol. The summed E-state index contributed by atoms with van der Waals surface area (Å²) in [5.74, 6) is 1.04. The van der Waals surface area contributed by atoms with Crippen molar-refractivity contribution in [3.63, 3.8) is 0 Å². The molecule has 1 saturated carbocycles. The molecule has 2 aromatic rings. The summed E-state index contributed by atoms with van der Waals surface area (Å²) in [6, 6.07) is 3.51. The normalized spacial score (nSPS) is 15.3. The summed E-state index contributed by atoms with van der Waals surface area (Å²) < 4.78 is 49.6. The molecule has 8 nitrogen and oxygen atoms in total. The Morgan fingerprint density at radius 1 is 1.00 bits per heavy atom. The number of methoxy groups -OCH3 is 2. The number of rotatable bonds is 10. The SMILES string of the molecule is COCC(COC)Nc1nc(N[C@H](C)C2CC2)nc(-c2cccc(C(F)(F)F)n2)n1. The number of nitrogens with one attached hydrogen (secondary N) is 2. The highest BCUT2D eigenvalue weighted by Crippen LogP contribution is 2.34. The molecule has 2 N–H and O–H groups in total. The largest absolute Gasteiger partial charge is 0.433 e. The van der Waals surface area contributed by atoms with Crippen LogP contribution < -0.4 is 10.6 Å². The van der Waals surface area contributed by atoms with Crippen LogP contribution in [0.4, 0.5) is 25.1 Å². The van der Waals surface area contributed by atoms with Crippen LogP contribution in [-0.4, -0.2) is 59.5 Å². The molecule has 30 heavy (non-hydrogen) atoms. The van der Waals surface area contributed by atoms with Crippen LogP contribution in [0.25, 0.3) is 11.5 Å². The van der Waals surface area contributed by atoms with E-state index in [9.17, 15) is 13.2 Å². The van der Waals surface area contributed by atoms with Gasteiger partial charge < -0.3 is 20.1 Å². The number of anilines is 2. The second-order valence-corrected chi connectivity index (χ2v) is 7.23. The van der Waals surface area contributed by atoms with E-state index in [1.165, 1.54) is 12.1 Å². The Morgan fingerprint density at radius 2 is 1.63 bits per heavy atom. The minimum atomic E-state index is -4.56. The fourth-order valence-electron chi connectivity index (χ4n) is 2.97. The van der Waals surface area contributed by atoms with E-state index in [0.29, 0.717) is 19.1 Å². The first-order valence-corrected chi connectivity index (χ1v) is 9.61. The molecule has 0 amide bonds. The maximum Gasteiger partial charge on any atom is 0.433 e. The number of alkyl halides is 3. The predicted molar refractivity (Wildman–Crippen MR) is 105 cm³/mol. The fourth-order valence-corrected chi connectivity index (χ4v) is 2.97. The zero-order valence-electron chi connectivity index (χ0n) is 17.0. The molecule has 0 bridgehead atoms. The highest BCUT2D eigenvalue weighted by Gasteiger charge is 2.33. The summed E-state index contributed by atoms with van der Waals surface area (Å²) in [4.78, 5) is 16.7. The molecule has 0 spiro atoms. The zero-order valence-corrected chi connectivity index (χ0v) is 17.0. The number of hydrogen-bond acceptors (Lipinski definition) is 8. The van der Waals surface area contributed by atoms with Crippen molar-refractivity contribution in [3.05, 3.63) is 23.9 Å². The number of halogens is 3. The maximum atomic E-state index is 13.1. The minimum absolute atomic E-state index is 0.00688. The second kappa shape index (κ2) is 9.52. The Balaban J connectivity index is 1.94. The lowest BCUT2D eigenvalue weighted by Gasteiger charge is -2.19. The van der Waals surface area contributed by atoms with Crippen molar-refractivity contribution >= 4 is 11.9 Å². The highest BCUT2D eigenvalue weighted by molar-refractivity contribution is 5.54. The lowest BCUT2D eigenvalue weighted by Crippen LogP contribution is -2.31. The molecule has 11 heteroatoms. The van der Waals surface area contributed by atoms with Crippen LogP contribution in [0, 0.1) is 5.92 Å². The van der Waals surface area contributed by atoms with Crippen molar-refractivity contribution in [3.8, 4) is 11.5 Å². The zero-order chi connectivity index (χ0) is 21.7. The maximum absolute atomic E-state index is 13.1. The van der Waals surface area contributed by atoms with Gasteiger partial charge in [-0.3, -0.25) is 0 Å². The molecule has 0 saturated heterocycles. The van der Waals surface area contributed by atoms with Gasteiger partial charge in [0, 0.05) is 20.3 Å². The molecule has 1 fully saturated rings. The molecule has 2 aromatic heterocycles. The lowest BCUT2D eigenvalue weighted by molar-refractivity contribution is -0.141. The van der Waals surface area contributed by atoms with E-state index >= 15 is 0 Å². The van der Waals surface area contributed by atoms with Gasteiger partial charge in [0.25, 0.3) is 0 Å². The molecule has 1 aliphatic carbocycles. The van der Waals surface area contributed by atoms with Gasteiger partial charge in [-0.25, -0.2) is 4.98 Å². The van der Waals surface area contributed by atoms with Crippen LogP contribution in [0.1, 0.15) is 25.5 Å². The molecule has 0 radical (unpaired) electrons. The van der Waals surface area contributed by atoms with E-state index in [1.807, 2.05) is 6.92 Å². The summed E-state index contributed by atoms with van der Waals surface area (Å²) >= 11 is 0. The Kier molecular flexibility index (Phi) is 7.03. The number of pyridine rings is 1. The van der Waals surface area contributed by atoms with Gasteiger partial charge in [0.05, 0.1) is 19.3 Å². The summed E-state index contributed by atoms with van der Waals surface area (Å²) in [5.41, 5.74) is -1.00. The van der Waals surface area contributed by atoms with Crippen LogP contribution in [0.5, 0.6) is 0 Å². The standard InChI is InChI=1S/C19H25F3N6O2/c1-11(12-7-8-12)23-17-26-16(14-5-4-6-15(25-14)19(20,21)22)27-18(28-17)24-13(9-29-2)10-30-3/h4-6,11-13H,7-10H2,1-3H3,(H2,23,24,26,27,28)/t11-/m1/s1. The second-order valence-electron chi connectivity index (χ2n) is 7.23. The third-order valence-corrected chi connectivity index (χ3v) is 4.66. The summed E-state index contributed by atoms with van der Waals surface area (Å²) in [5, 5.41) is 6.31. The Labute approximate surface area is 172 Å². The third-order valence-electron chi connectivity index (χ3n) is 4.66. The number of aromatic nitrogens is 4. The number of hydrogen-bond donors (Lipinski definition) is 2. The van der Waals surface area contributed by atoms with Crippen LogP contribution in [0.2, 0.25) is 0 Å². The Morgan fingerprint density at radius 3 is 2.20 bits per heavy atom. The first kappa shape index (κ1) is 22.2. The van der Waals surface area contributed by atoms with Gasteiger partial charge in [-0.2, -0.15) is 28.1 Å². The third kappa shape index (κ3) is 5.99. The molecule has 0 aromatic carbocycles. The Hall–Kier alpha value is -2.53. The van der Waals surface area contributed by atoms with E-state index in [0.717, 1.165) is 18.9 Å². The van der Waals surface area contributed by atoms with Crippen molar-refractivity contribution in [1.29, 1.82) is 0 Å². The van der Waals surface area contributed by atoms with Crippen LogP contribution >= 0.6 is 0 Å². The molecule has 0 unspecified atom stereocenters. The van der Waals surface area contributed by atoms with Crippen LogP contribution in [0.15, 0.2) is 18.2 Å². The molecule has 1 atom stereocenters. The Bertz CT molecular complexity index is 841. The quantitative estimate of drug-likeness (QED) is 0.598. The average molecular weight is 426 g/mol. The molecule has 0 aliphatic heterocycles. The monoisotopic (exact) mass is 426 g/mol. The molecule has 2 heterocycles. The molecule has 3 rings (SSSR count). The van der Waals surface area contributed by atoms with Crippen LogP contribution in [0.3, 0.4) is 0 Å².